The van der Waals surface area contributed by atoms with Gasteiger partial charge in [0.05, 0.1) is 18.8 Å². The SMILES string of the molecule is CC(C)(C)c1csc(CN2CCN(CC(=O)N3CCc4ccccc43)CC2)n1.O=C(O)C(=O)O. The molecule has 0 bridgehead atoms. The van der Waals surface area contributed by atoms with E-state index in [-0.39, 0.29) is 11.3 Å². The molecule has 0 saturated carbocycles. The molecule has 2 aromatic rings. The predicted octanol–water partition coefficient (Wildman–Crippen LogP) is 2.30. The van der Waals surface area contributed by atoms with E-state index in [9.17, 15) is 4.79 Å². The first-order valence-electron chi connectivity index (χ1n) is 11.3. The lowest BCUT2D eigenvalue weighted by atomic mass is 9.93. The molecule has 10 heteroatoms. The second kappa shape index (κ2) is 11.1. The summed E-state index contributed by atoms with van der Waals surface area (Å²) in [5.74, 6) is -3.42. The summed E-state index contributed by atoms with van der Waals surface area (Å²) < 4.78 is 0. The van der Waals surface area contributed by atoms with E-state index < -0.39 is 11.9 Å². The van der Waals surface area contributed by atoms with Crippen molar-refractivity contribution < 1.29 is 24.6 Å². The maximum Gasteiger partial charge on any atom is 0.414 e. The Hall–Kier alpha value is -2.82. The highest BCUT2D eigenvalue weighted by Crippen LogP contribution is 2.28. The lowest BCUT2D eigenvalue weighted by molar-refractivity contribution is -0.159. The molecule has 0 radical (unpaired) electrons. The number of piperazine rings is 1. The number of anilines is 1. The van der Waals surface area contributed by atoms with Gasteiger partial charge >= 0.3 is 11.9 Å². The van der Waals surface area contributed by atoms with Crippen LogP contribution in [0.1, 0.15) is 37.0 Å². The van der Waals surface area contributed by atoms with Crippen LogP contribution in [0.3, 0.4) is 0 Å². The number of thiazole rings is 1. The smallest absolute Gasteiger partial charge is 0.414 e. The number of carboxylic acid groups (broad SMARTS) is 2. The molecule has 0 aliphatic carbocycles. The van der Waals surface area contributed by atoms with Gasteiger partial charge in [0.1, 0.15) is 5.01 Å². The number of carbonyl (C=O) groups excluding carboxylic acids is 1. The van der Waals surface area contributed by atoms with E-state index >= 15 is 0 Å². The number of fused-ring (bicyclic) bond motifs is 1. The Morgan fingerprint density at radius 3 is 2.18 bits per heavy atom. The van der Waals surface area contributed by atoms with Gasteiger partial charge in [-0.15, -0.1) is 11.3 Å². The van der Waals surface area contributed by atoms with Crippen molar-refractivity contribution in [3.63, 3.8) is 0 Å². The number of aromatic nitrogens is 1. The maximum absolute atomic E-state index is 12.8. The summed E-state index contributed by atoms with van der Waals surface area (Å²) in [6.45, 7) is 12.8. The fourth-order valence-electron chi connectivity index (χ4n) is 3.90. The molecular weight excluding hydrogens is 456 g/mol. The Morgan fingerprint density at radius 1 is 0.971 bits per heavy atom. The molecule has 1 aromatic carbocycles. The molecule has 2 N–H and O–H groups in total. The van der Waals surface area contributed by atoms with Gasteiger partial charge in [-0.25, -0.2) is 14.6 Å². The molecule has 1 saturated heterocycles. The second-order valence-corrected chi connectivity index (χ2v) is 10.4. The summed E-state index contributed by atoms with van der Waals surface area (Å²) >= 11 is 1.76. The highest BCUT2D eigenvalue weighted by molar-refractivity contribution is 7.09. The van der Waals surface area contributed by atoms with E-state index in [4.69, 9.17) is 24.8 Å². The van der Waals surface area contributed by atoms with Crippen LogP contribution >= 0.6 is 11.3 Å². The van der Waals surface area contributed by atoms with Crippen LogP contribution in [-0.4, -0.2) is 82.1 Å². The summed E-state index contributed by atoms with van der Waals surface area (Å²) in [4.78, 5) is 42.5. The third-order valence-corrected chi connectivity index (χ3v) is 6.71. The van der Waals surface area contributed by atoms with E-state index in [0.717, 1.165) is 51.4 Å². The zero-order valence-corrected chi connectivity index (χ0v) is 20.7. The molecule has 0 spiro atoms. The van der Waals surface area contributed by atoms with Gasteiger partial charge in [-0.3, -0.25) is 14.6 Å². The number of aliphatic carboxylic acids is 2. The number of rotatable bonds is 4. The van der Waals surface area contributed by atoms with Crippen LogP contribution in [0, 0.1) is 0 Å². The van der Waals surface area contributed by atoms with Gasteiger partial charge in [-0.2, -0.15) is 0 Å². The molecule has 2 aliphatic rings. The molecule has 9 nitrogen and oxygen atoms in total. The number of para-hydroxylation sites is 1. The monoisotopic (exact) mass is 488 g/mol. The van der Waals surface area contributed by atoms with Crippen molar-refractivity contribution in [2.75, 3.05) is 44.2 Å². The van der Waals surface area contributed by atoms with E-state index in [1.807, 2.05) is 11.0 Å². The summed E-state index contributed by atoms with van der Waals surface area (Å²) in [6.07, 6.45) is 0.972. The van der Waals surface area contributed by atoms with Crippen LogP contribution in [-0.2, 0) is 32.8 Å². The van der Waals surface area contributed by atoms with Gasteiger partial charge in [0.25, 0.3) is 0 Å². The van der Waals surface area contributed by atoms with Crippen molar-refractivity contribution >= 4 is 34.9 Å². The van der Waals surface area contributed by atoms with Crippen LogP contribution in [0.5, 0.6) is 0 Å². The minimum absolute atomic E-state index is 0.113. The highest BCUT2D eigenvalue weighted by atomic mass is 32.1. The van der Waals surface area contributed by atoms with Crippen molar-refractivity contribution in [1.29, 1.82) is 0 Å². The van der Waals surface area contributed by atoms with E-state index in [2.05, 4.69) is 54.2 Å². The first kappa shape index (κ1) is 25.8. The maximum atomic E-state index is 12.8. The molecule has 0 atom stereocenters. The van der Waals surface area contributed by atoms with Crippen LogP contribution in [0.4, 0.5) is 5.69 Å². The standard InChI is InChI=1S/C22H30N4OS.C2H2O4/c1-22(2,3)19-16-28-20(23-19)14-24-10-12-25(13-11-24)15-21(27)26-9-8-17-6-4-5-7-18(17)26;3-1(4)2(5)6/h4-7,16H,8-15H2,1-3H3;(H,3,4)(H,5,6). The topological polar surface area (TPSA) is 114 Å². The van der Waals surface area contributed by atoms with E-state index in [1.165, 1.54) is 16.3 Å². The first-order valence-corrected chi connectivity index (χ1v) is 12.2. The number of carboxylic acids is 2. The largest absolute Gasteiger partial charge is 0.473 e. The van der Waals surface area contributed by atoms with Crippen molar-refractivity contribution in [3.8, 4) is 0 Å². The van der Waals surface area contributed by atoms with Crippen molar-refractivity contribution in [1.82, 2.24) is 14.8 Å². The Kier molecular flexibility index (Phi) is 8.40. The highest BCUT2D eigenvalue weighted by Gasteiger charge is 2.27. The third-order valence-electron chi connectivity index (χ3n) is 5.87. The lowest BCUT2D eigenvalue weighted by Gasteiger charge is -2.34. The zero-order valence-electron chi connectivity index (χ0n) is 19.9. The molecule has 184 valence electrons. The van der Waals surface area contributed by atoms with Crippen LogP contribution in [0.25, 0.3) is 0 Å². The number of hydrogen-bond donors (Lipinski definition) is 2. The fourth-order valence-corrected chi connectivity index (χ4v) is 4.96. The van der Waals surface area contributed by atoms with Gasteiger partial charge in [-0.05, 0) is 18.1 Å². The first-order chi connectivity index (χ1) is 16.0. The van der Waals surface area contributed by atoms with Gasteiger partial charge in [0.2, 0.25) is 5.91 Å². The Balaban J connectivity index is 0.000000481. The molecule has 1 amide bonds. The number of nitrogens with zero attached hydrogens (tertiary/aromatic N) is 4. The van der Waals surface area contributed by atoms with Gasteiger partial charge in [0.15, 0.2) is 0 Å². The quantitative estimate of drug-likeness (QED) is 0.630. The minimum Gasteiger partial charge on any atom is -0.473 e. The Bertz CT molecular complexity index is 1010. The summed E-state index contributed by atoms with van der Waals surface area (Å²) in [5, 5.41) is 18.2. The normalized spacial score (nSPS) is 16.5. The number of amides is 1. The number of hydrogen-bond acceptors (Lipinski definition) is 7. The zero-order chi connectivity index (χ0) is 24.9. The molecule has 0 unspecified atom stereocenters. The fraction of sp³-hybridized carbons (Fsp3) is 0.500. The third kappa shape index (κ3) is 6.85. The van der Waals surface area contributed by atoms with Gasteiger partial charge in [-0.1, -0.05) is 39.0 Å². The molecule has 4 rings (SSSR count). The Morgan fingerprint density at radius 2 is 1.59 bits per heavy atom. The second-order valence-electron chi connectivity index (χ2n) is 9.46. The number of carbonyl (C=O) groups is 3. The van der Waals surface area contributed by atoms with Crippen molar-refractivity contribution in [3.05, 3.63) is 45.9 Å². The molecular formula is C24H32N4O5S. The van der Waals surface area contributed by atoms with Crippen LogP contribution in [0.2, 0.25) is 0 Å². The molecule has 1 fully saturated rings. The predicted molar refractivity (Wildman–Crippen MR) is 130 cm³/mol. The lowest BCUT2D eigenvalue weighted by Crippen LogP contribution is -2.49. The average molecular weight is 489 g/mol. The minimum atomic E-state index is -1.82. The average Bonchev–Trinajstić information content (AvgIpc) is 3.42. The van der Waals surface area contributed by atoms with E-state index in [0.29, 0.717) is 6.54 Å². The summed E-state index contributed by atoms with van der Waals surface area (Å²) in [6, 6.07) is 8.27. The molecule has 3 heterocycles. The number of benzene rings is 1. The molecule has 1 aromatic heterocycles. The van der Waals surface area contributed by atoms with E-state index in [1.54, 1.807) is 11.3 Å². The Labute approximate surface area is 203 Å². The van der Waals surface area contributed by atoms with Gasteiger partial charge in [0, 0.05) is 49.2 Å². The summed E-state index contributed by atoms with van der Waals surface area (Å²) in [5.41, 5.74) is 3.69. The molecule has 2 aliphatic heterocycles. The van der Waals surface area contributed by atoms with Gasteiger partial charge < -0.3 is 15.1 Å². The summed E-state index contributed by atoms with van der Waals surface area (Å²) in [7, 11) is 0. The van der Waals surface area contributed by atoms with Crippen LogP contribution < -0.4 is 4.90 Å². The van der Waals surface area contributed by atoms with Crippen molar-refractivity contribution in [2.45, 2.75) is 39.2 Å². The van der Waals surface area contributed by atoms with Crippen LogP contribution in [0.15, 0.2) is 29.6 Å². The molecule has 34 heavy (non-hydrogen) atoms. The van der Waals surface area contributed by atoms with Crippen molar-refractivity contribution in [2.24, 2.45) is 0 Å².